The molecule has 2 heterocycles. The van der Waals surface area contributed by atoms with Gasteiger partial charge in [0.15, 0.2) is 0 Å². The first kappa shape index (κ1) is 12.3. The predicted molar refractivity (Wildman–Crippen MR) is 78.5 cm³/mol. The lowest BCUT2D eigenvalue weighted by molar-refractivity contribution is 0.775. The van der Waals surface area contributed by atoms with Gasteiger partial charge in [0.25, 0.3) is 5.56 Å². The molecule has 100 valence electrons. The first-order valence-corrected chi connectivity index (χ1v) is 6.32. The summed E-state index contributed by atoms with van der Waals surface area (Å²) in [6.07, 6.45) is 1.64. The first-order valence-electron chi connectivity index (χ1n) is 6.32. The van der Waals surface area contributed by atoms with Crippen molar-refractivity contribution in [3.63, 3.8) is 0 Å². The van der Waals surface area contributed by atoms with Crippen LogP contribution in [0, 0.1) is 6.92 Å². The van der Waals surface area contributed by atoms with E-state index in [0.717, 1.165) is 16.6 Å². The van der Waals surface area contributed by atoms with Crippen LogP contribution in [0.5, 0.6) is 0 Å². The number of aryl methyl sites for hydroxylation is 1. The van der Waals surface area contributed by atoms with Gasteiger partial charge in [-0.3, -0.25) is 4.79 Å². The van der Waals surface area contributed by atoms with Gasteiger partial charge in [-0.25, -0.2) is 9.97 Å². The molecule has 0 saturated heterocycles. The second-order valence-corrected chi connectivity index (χ2v) is 4.67. The number of anilines is 1. The van der Waals surface area contributed by atoms with Gasteiger partial charge in [0.2, 0.25) is 0 Å². The Balaban J connectivity index is 2.20. The Hall–Kier alpha value is -2.69. The highest BCUT2D eigenvalue weighted by Crippen LogP contribution is 2.12. The minimum absolute atomic E-state index is 0.0842. The summed E-state index contributed by atoms with van der Waals surface area (Å²) in [4.78, 5) is 20.6. The van der Waals surface area contributed by atoms with Crippen LogP contribution < -0.4 is 11.3 Å². The van der Waals surface area contributed by atoms with Crippen molar-refractivity contribution in [2.45, 2.75) is 13.5 Å². The normalized spacial score (nSPS) is 10.8. The molecule has 0 saturated carbocycles. The molecule has 2 N–H and O–H groups in total. The summed E-state index contributed by atoms with van der Waals surface area (Å²) in [6.45, 7) is 2.18. The lowest BCUT2D eigenvalue weighted by atomic mass is 10.2. The number of benzene rings is 1. The average Bonchev–Trinajstić information content (AvgIpc) is 2.44. The van der Waals surface area contributed by atoms with Gasteiger partial charge in [-0.15, -0.1) is 0 Å². The number of aromatic nitrogens is 3. The molecule has 2 aromatic heterocycles. The smallest absolute Gasteiger partial charge is 0.272 e. The molecule has 0 fully saturated rings. The number of fused-ring (bicyclic) bond motifs is 1. The maximum absolute atomic E-state index is 12.3. The molecule has 0 aliphatic heterocycles. The zero-order chi connectivity index (χ0) is 14.1. The Kier molecular flexibility index (Phi) is 2.95. The van der Waals surface area contributed by atoms with Crippen LogP contribution in [-0.4, -0.2) is 14.5 Å². The van der Waals surface area contributed by atoms with E-state index in [9.17, 15) is 4.79 Å². The van der Waals surface area contributed by atoms with Crippen molar-refractivity contribution in [1.29, 1.82) is 0 Å². The highest BCUT2D eigenvalue weighted by atomic mass is 16.1. The average molecular weight is 266 g/mol. The van der Waals surface area contributed by atoms with Crippen molar-refractivity contribution in [2.24, 2.45) is 0 Å². The summed E-state index contributed by atoms with van der Waals surface area (Å²) in [6, 6.07) is 11.2. The van der Waals surface area contributed by atoms with Crippen molar-refractivity contribution >= 4 is 16.9 Å². The standard InChI is InChI=1S/C15H14N4O/c1-10-15(20)19(9-11-6-7-17-14(16)8-11)13-5-3-2-4-12(13)18-10/h2-8H,9H2,1H3,(H2,16,17). The molecular formula is C15H14N4O. The summed E-state index contributed by atoms with van der Waals surface area (Å²) < 4.78 is 1.71. The molecule has 3 aromatic rings. The van der Waals surface area contributed by atoms with Gasteiger partial charge in [0, 0.05) is 6.20 Å². The maximum Gasteiger partial charge on any atom is 0.272 e. The van der Waals surface area contributed by atoms with Gasteiger partial charge in [0.05, 0.1) is 17.6 Å². The summed E-state index contributed by atoms with van der Waals surface area (Å²) >= 11 is 0. The summed E-state index contributed by atoms with van der Waals surface area (Å²) in [7, 11) is 0. The van der Waals surface area contributed by atoms with Gasteiger partial charge in [-0.2, -0.15) is 0 Å². The third-order valence-corrected chi connectivity index (χ3v) is 3.20. The van der Waals surface area contributed by atoms with Gasteiger partial charge in [-0.1, -0.05) is 12.1 Å². The second kappa shape index (κ2) is 4.77. The Bertz CT molecular complexity index is 839. The third-order valence-electron chi connectivity index (χ3n) is 3.20. The van der Waals surface area contributed by atoms with Crippen molar-refractivity contribution in [1.82, 2.24) is 14.5 Å². The van der Waals surface area contributed by atoms with Crippen LogP contribution >= 0.6 is 0 Å². The molecule has 5 heteroatoms. The van der Waals surface area contributed by atoms with Crippen molar-refractivity contribution in [2.75, 3.05) is 5.73 Å². The zero-order valence-corrected chi connectivity index (χ0v) is 11.1. The second-order valence-electron chi connectivity index (χ2n) is 4.67. The monoisotopic (exact) mass is 266 g/mol. The Morgan fingerprint density at radius 3 is 2.85 bits per heavy atom. The van der Waals surface area contributed by atoms with Crippen LogP contribution in [0.25, 0.3) is 11.0 Å². The van der Waals surface area contributed by atoms with E-state index in [2.05, 4.69) is 9.97 Å². The van der Waals surface area contributed by atoms with Crippen LogP contribution in [0.4, 0.5) is 5.82 Å². The summed E-state index contributed by atoms with van der Waals surface area (Å²) in [5.74, 6) is 0.450. The van der Waals surface area contributed by atoms with Crippen molar-refractivity contribution in [3.8, 4) is 0 Å². The van der Waals surface area contributed by atoms with Gasteiger partial charge >= 0.3 is 0 Å². The summed E-state index contributed by atoms with van der Waals surface area (Å²) in [5.41, 5.74) is 8.66. The van der Waals surface area contributed by atoms with E-state index >= 15 is 0 Å². The Labute approximate surface area is 115 Å². The molecule has 3 rings (SSSR count). The van der Waals surface area contributed by atoms with E-state index in [1.165, 1.54) is 0 Å². The van der Waals surface area contributed by atoms with Crippen LogP contribution in [0.1, 0.15) is 11.3 Å². The van der Waals surface area contributed by atoms with E-state index in [4.69, 9.17) is 5.73 Å². The third kappa shape index (κ3) is 2.14. The largest absolute Gasteiger partial charge is 0.384 e. The molecular weight excluding hydrogens is 252 g/mol. The molecule has 0 spiro atoms. The number of nitrogen functional groups attached to an aromatic ring is 1. The first-order chi connectivity index (χ1) is 9.65. The predicted octanol–water partition coefficient (Wildman–Crippen LogP) is 1.73. The minimum atomic E-state index is -0.0842. The molecule has 1 aromatic carbocycles. The van der Waals surface area contributed by atoms with E-state index in [-0.39, 0.29) is 5.56 Å². The molecule has 0 aliphatic carbocycles. The van der Waals surface area contributed by atoms with Gasteiger partial charge in [-0.05, 0) is 36.8 Å². The fourth-order valence-corrected chi connectivity index (χ4v) is 2.25. The number of rotatable bonds is 2. The Morgan fingerprint density at radius 2 is 2.05 bits per heavy atom. The van der Waals surface area contributed by atoms with E-state index in [0.29, 0.717) is 18.1 Å². The lowest BCUT2D eigenvalue weighted by Gasteiger charge is -2.11. The quantitative estimate of drug-likeness (QED) is 0.766. The maximum atomic E-state index is 12.3. The van der Waals surface area contributed by atoms with Crippen LogP contribution in [0.2, 0.25) is 0 Å². The molecule has 0 aliphatic rings. The molecule has 0 bridgehead atoms. The molecule has 5 nitrogen and oxygen atoms in total. The van der Waals surface area contributed by atoms with Crippen LogP contribution in [-0.2, 0) is 6.54 Å². The van der Waals surface area contributed by atoms with Crippen LogP contribution in [0.15, 0.2) is 47.4 Å². The number of para-hydroxylation sites is 2. The number of hydrogen-bond donors (Lipinski definition) is 1. The lowest BCUT2D eigenvalue weighted by Crippen LogP contribution is -2.24. The topological polar surface area (TPSA) is 73.8 Å². The molecule has 0 atom stereocenters. The fraction of sp³-hybridized carbons (Fsp3) is 0.133. The van der Waals surface area contributed by atoms with Crippen molar-refractivity contribution < 1.29 is 0 Å². The van der Waals surface area contributed by atoms with Gasteiger partial charge < -0.3 is 10.3 Å². The highest BCUT2D eigenvalue weighted by molar-refractivity contribution is 5.74. The molecule has 20 heavy (non-hydrogen) atoms. The van der Waals surface area contributed by atoms with Crippen molar-refractivity contribution in [3.05, 3.63) is 64.2 Å². The zero-order valence-electron chi connectivity index (χ0n) is 11.1. The van der Waals surface area contributed by atoms with Crippen LogP contribution in [0.3, 0.4) is 0 Å². The number of nitrogens with two attached hydrogens (primary N) is 1. The van der Waals surface area contributed by atoms with Gasteiger partial charge in [0.1, 0.15) is 11.5 Å². The van der Waals surface area contributed by atoms with E-state index < -0.39 is 0 Å². The van der Waals surface area contributed by atoms with E-state index in [1.807, 2.05) is 30.3 Å². The SMILES string of the molecule is Cc1nc2ccccc2n(Cc2ccnc(N)c2)c1=O. The molecule has 0 radical (unpaired) electrons. The minimum Gasteiger partial charge on any atom is -0.384 e. The summed E-state index contributed by atoms with van der Waals surface area (Å²) in [5, 5.41) is 0. The highest BCUT2D eigenvalue weighted by Gasteiger charge is 2.08. The Morgan fingerprint density at radius 1 is 1.25 bits per heavy atom. The fourth-order valence-electron chi connectivity index (χ4n) is 2.25. The number of nitrogens with zero attached hydrogens (tertiary/aromatic N) is 3. The van der Waals surface area contributed by atoms with E-state index in [1.54, 1.807) is 23.8 Å². The number of pyridine rings is 1. The number of hydrogen-bond acceptors (Lipinski definition) is 4. The molecule has 0 unspecified atom stereocenters. The molecule has 0 amide bonds.